The average molecular weight is 378 g/mol. The summed E-state index contributed by atoms with van der Waals surface area (Å²) in [4.78, 5) is 36.7. The van der Waals surface area contributed by atoms with E-state index in [4.69, 9.17) is 0 Å². The summed E-state index contributed by atoms with van der Waals surface area (Å²) in [7, 11) is 1.55. The number of anilines is 1. The van der Waals surface area contributed by atoms with Gasteiger partial charge in [0.2, 0.25) is 11.8 Å². The van der Waals surface area contributed by atoms with E-state index in [1.165, 1.54) is 4.68 Å². The molecule has 0 aliphatic heterocycles. The normalized spacial score (nSPS) is 10.7. The van der Waals surface area contributed by atoms with Gasteiger partial charge in [-0.05, 0) is 31.0 Å². The first-order valence-electron chi connectivity index (χ1n) is 8.94. The van der Waals surface area contributed by atoms with Crippen molar-refractivity contribution in [1.82, 2.24) is 15.1 Å². The Balaban J connectivity index is 1.67. The van der Waals surface area contributed by atoms with Crippen molar-refractivity contribution in [3.05, 3.63) is 69.6 Å². The molecule has 0 fully saturated rings. The third-order valence-corrected chi connectivity index (χ3v) is 4.55. The predicted octanol–water partition coefficient (Wildman–Crippen LogP) is 1.85. The Morgan fingerprint density at radius 3 is 2.29 bits per heavy atom. The molecule has 0 atom stereocenters. The van der Waals surface area contributed by atoms with E-state index in [-0.39, 0.29) is 30.3 Å². The van der Waals surface area contributed by atoms with Gasteiger partial charge in [-0.2, -0.15) is 5.10 Å². The number of rotatable bonds is 5. The molecule has 0 saturated heterocycles. The maximum absolute atomic E-state index is 12.3. The Morgan fingerprint density at radius 1 is 0.964 bits per heavy atom. The van der Waals surface area contributed by atoms with Crippen LogP contribution in [0.3, 0.4) is 0 Å². The van der Waals surface area contributed by atoms with Crippen LogP contribution in [0.1, 0.15) is 16.8 Å². The molecular weight excluding hydrogens is 356 g/mol. The van der Waals surface area contributed by atoms with Gasteiger partial charge in [-0.3, -0.25) is 14.4 Å². The minimum Gasteiger partial charge on any atom is -0.347 e. The summed E-state index contributed by atoms with van der Waals surface area (Å²) < 4.78 is 1.22. The quantitative estimate of drug-likeness (QED) is 0.709. The second-order valence-corrected chi connectivity index (χ2v) is 6.69. The largest absolute Gasteiger partial charge is 0.347 e. The molecule has 144 valence electrons. The van der Waals surface area contributed by atoms with Crippen molar-refractivity contribution in [1.29, 1.82) is 0 Å². The molecule has 2 amide bonds. The van der Waals surface area contributed by atoms with Crippen molar-refractivity contribution in [3.8, 4) is 0 Å². The third kappa shape index (κ3) is 4.09. The van der Waals surface area contributed by atoms with E-state index in [2.05, 4.69) is 15.7 Å². The molecule has 0 radical (unpaired) electrons. The Hall–Kier alpha value is -3.48. The Bertz CT molecular complexity index is 1100. The van der Waals surface area contributed by atoms with E-state index >= 15 is 0 Å². The molecule has 28 heavy (non-hydrogen) atoms. The molecule has 0 unspecified atom stereocenters. The molecule has 0 saturated carbocycles. The summed E-state index contributed by atoms with van der Waals surface area (Å²) in [5, 5.41) is 10.8. The Kier molecular flexibility index (Phi) is 5.54. The Morgan fingerprint density at radius 2 is 1.61 bits per heavy atom. The van der Waals surface area contributed by atoms with Crippen LogP contribution in [0.2, 0.25) is 0 Å². The van der Waals surface area contributed by atoms with Crippen LogP contribution in [0.25, 0.3) is 10.8 Å². The van der Waals surface area contributed by atoms with E-state index in [0.29, 0.717) is 16.5 Å². The lowest BCUT2D eigenvalue weighted by atomic mass is 10.1. The number of carbonyl (C=O) groups excluding carboxylic acids is 2. The Labute approximate surface area is 162 Å². The predicted molar refractivity (Wildman–Crippen MR) is 108 cm³/mol. The van der Waals surface area contributed by atoms with Crippen LogP contribution in [-0.4, -0.2) is 28.1 Å². The van der Waals surface area contributed by atoms with Crippen molar-refractivity contribution in [2.45, 2.75) is 20.3 Å². The van der Waals surface area contributed by atoms with Crippen LogP contribution >= 0.6 is 0 Å². The fraction of sp³-hybridized carbons (Fsp3) is 0.238. The lowest BCUT2D eigenvalue weighted by Gasteiger charge is -2.12. The minimum atomic E-state index is -0.340. The van der Waals surface area contributed by atoms with E-state index < -0.39 is 0 Å². The van der Waals surface area contributed by atoms with E-state index in [0.717, 1.165) is 16.8 Å². The highest BCUT2D eigenvalue weighted by atomic mass is 16.2. The van der Waals surface area contributed by atoms with Gasteiger partial charge in [0.25, 0.3) is 5.56 Å². The topological polar surface area (TPSA) is 93.1 Å². The molecular formula is C21H22N4O3. The zero-order valence-corrected chi connectivity index (χ0v) is 16.1. The van der Waals surface area contributed by atoms with Gasteiger partial charge in [0.15, 0.2) is 0 Å². The first-order valence-corrected chi connectivity index (χ1v) is 8.94. The summed E-state index contributed by atoms with van der Waals surface area (Å²) in [6.45, 7) is 3.69. The summed E-state index contributed by atoms with van der Waals surface area (Å²) in [5.41, 5.74) is 2.95. The smallest absolute Gasteiger partial charge is 0.274 e. The number of benzene rings is 2. The molecule has 3 rings (SSSR count). The van der Waals surface area contributed by atoms with Crippen molar-refractivity contribution < 1.29 is 9.59 Å². The number of aromatic nitrogens is 2. The van der Waals surface area contributed by atoms with Gasteiger partial charge in [0.05, 0.1) is 24.0 Å². The molecule has 7 heteroatoms. The monoisotopic (exact) mass is 378 g/mol. The van der Waals surface area contributed by atoms with E-state index in [1.807, 2.05) is 32.0 Å². The number of para-hydroxylation sites is 1. The van der Waals surface area contributed by atoms with Gasteiger partial charge >= 0.3 is 0 Å². The number of nitrogens with one attached hydrogen (secondary N) is 2. The van der Waals surface area contributed by atoms with Crippen LogP contribution in [0.4, 0.5) is 5.69 Å². The highest BCUT2D eigenvalue weighted by Gasteiger charge is 2.14. The fourth-order valence-electron chi connectivity index (χ4n) is 3.10. The molecule has 0 aliphatic rings. The van der Waals surface area contributed by atoms with Crippen LogP contribution in [0.5, 0.6) is 0 Å². The number of hydrogen-bond donors (Lipinski definition) is 2. The zero-order valence-electron chi connectivity index (χ0n) is 16.1. The van der Waals surface area contributed by atoms with E-state index in [9.17, 15) is 14.4 Å². The molecule has 3 aromatic rings. The van der Waals surface area contributed by atoms with Crippen molar-refractivity contribution in [2.75, 3.05) is 11.9 Å². The molecule has 2 aromatic carbocycles. The molecule has 0 spiro atoms. The highest BCUT2D eigenvalue weighted by Crippen LogP contribution is 2.19. The van der Waals surface area contributed by atoms with Gasteiger partial charge in [-0.25, -0.2) is 4.68 Å². The molecule has 1 heterocycles. The summed E-state index contributed by atoms with van der Waals surface area (Å²) >= 11 is 0. The molecule has 0 aliphatic carbocycles. The number of nitrogens with zero attached hydrogens (tertiary/aromatic N) is 2. The van der Waals surface area contributed by atoms with Crippen LogP contribution in [0.15, 0.2) is 47.3 Å². The second-order valence-electron chi connectivity index (χ2n) is 6.69. The van der Waals surface area contributed by atoms with Gasteiger partial charge in [-0.15, -0.1) is 0 Å². The highest BCUT2D eigenvalue weighted by molar-refractivity contribution is 5.96. The zero-order chi connectivity index (χ0) is 20.3. The molecule has 2 N–H and O–H groups in total. The summed E-state index contributed by atoms with van der Waals surface area (Å²) in [5.74, 6) is -0.642. The number of fused-ring (bicyclic) bond motifs is 1. The van der Waals surface area contributed by atoms with Gasteiger partial charge < -0.3 is 10.6 Å². The van der Waals surface area contributed by atoms with Crippen molar-refractivity contribution >= 4 is 28.3 Å². The fourth-order valence-corrected chi connectivity index (χ4v) is 3.10. The molecule has 1 aromatic heterocycles. The number of aryl methyl sites for hydroxylation is 3. The second kappa shape index (κ2) is 8.04. The molecule has 7 nitrogen and oxygen atoms in total. The summed E-state index contributed by atoms with van der Waals surface area (Å²) in [6, 6.07) is 12.8. The number of hydrogen-bond acceptors (Lipinski definition) is 4. The lowest BCUT2D eigenvalue weighted by Crippen LogP contribution is -2.34. The average Bonchev–Trinajstić information content (AvgIpc) is 2.67. The van der Waals surface area contributed by atoms with Gasteiger partial charge in [-0.1, -0.05) is 36.4 Å². The summed E-state index contributed by atoms with van der Waals surface area (Å²) in [6.07, 6.45) is -0.0225. The van der Waals surface area contributed by atoms with Crippen molar-refractivity contribution in [2.24, 2.45) is 7.05 Å². The molecule has 0 bridgehead atoms. The first-order chi connectivity index (χ1) is 13.4. The number of amides is 2. The SMILES string of the molecule is Cc1cccc(C)c1NC(=O)CNC(=O)Cc1nn(C)c(=O)c2ccccc12. The number of carbonyl (C=O) groups is 2. The van der Waals surface area contributed by atoms with Gasteiger partial charge in [0, 0.05) is 18.1 Å². The standard InChI is InChI=1S/C21H22N4O3/c1-13-7-6-8-14(2)20(13)23-19(27)12-22-18(26)11-17-15-9-4-5-10-16(15)21(28)25(3)24-17/h4-10H,11-12H2,1-3H3,(H,22,26)(H,23,27). The van der Waals surface area contributed by atoms with Gasteiger partial charge in [0.1, 0.15) is 0 Å². The van der Waals surface area contributed by atoms with Crippen molar-refractivity contribution in [3.63, 3.8) is 0 Å². The van der Waals surface area contributed by atoms with E-state index in [1.54, 1.807) is 31.3 Å². The van der Waals surface area contributed by atoms with Crippen LogP contribution in [-0.2, 0) is 23.1 Å². The van der Waals surface area contributed by atoms with Crippen LogP contribution in [0, 0.1) is 13.8 Å². The van der Waals surface area contributed by atoms with Crippen LogP contribution < -0.4 is 16.2 Å². The maximum Gasteiger partial charge on any atom is 0.274 e. The maximum atomic E-state index is 12.3. The minimum absolute atomic E-state index is 0.0225. The first kappa shape index (κ1) is 19.3. The lowest BCUT2D eigenvalue weighted by molar-refractivity contribution is -0.123. The third-order valence-electron chi connectivity index (χ3n) is 4.55.